The van der Waals surface area contributed by atoms with Crippen molar-refractivity contribution in [2.24, 2.45) is 0 Å². The highest BCUT2D eigenvalue weighted by Crippen LogP contribution is 2.34. The topological polar surface area (TPSA) is 37.4 Å². The van der Waals surface area contributed by atoms with Crippen LogP contribution in [0.4, 0.5) is 4.39 Å². The van der Waals surface area contributed by atoms with Crippen molar-refractivity contribution in [2.45, 2.75) is 29.6 Å². The molecule has 0 atom stereocenters. The number of rotatable bonds is 5. The highest BCUT2D eigenvalue weighted by atomic mass is 32.2. The second kappa shape index (κ2) is 5.27. The summed E-state index contributed by atoms with van der Waals surface area (Å²) >= 11 is 1.23. The van der Waals surface area contributed by atoms with Gasteiger partial charge in [-0.3, -0.25) is 0 Å². The van der Waals surface area contributed by atoms with Crippen LogP contribution in [-0.4, -0.2) is 18.8 Å². The fraction of sp³-hybridized carbons (Fsp3) is 0.286. The molecule has 1 aromatic heterocycles. The van der Waals surface area contributed by atoms with Crippen molar-refractivity contribution < 1.29 is 12.8 Å². The van der Waals surface area contributed by atoms with Crippen LogP contribution in [0.25, 0.3) is 0 Å². The summed E-state index contributed by atoms with van der Waals surface area (Å²) in [4.78, 5) is 0. The smallest absolute Gasteiger partial charge is 0.207 e. The van der Waals surface area contributed by atoms with Crippen molar-refractivity contribution in [3.8, 4) is 0 Å². The van der Waals surface area contributed by atoms with Crippen LogP contribution in [-0.2, 0) is 16.6 Å². The molecule has 0 aliphatic heterocycles. The van der Waals surface area contributed by atoms with Crippen LogP contribution in [0.1, 0.15) is 18.4 Å². The number of halogens is 1. The number of nitrogens with zero attached hydrogens (tertiary/aromatic N) is 1. The van der Waals surface area contributed by atoms with Gasteiger partial charge in [0.15, 0.2) is 0 Å². The minimum absolute atomic E-state index is 0.0761. The highest BCUT2D eigenvalue weighted by Gasteiger charge is 2.38. The second-order valence-electron chi connectivity index (χ2n) is 4.84. The fourth-order valence-electron chi connectivity index (χ4n) is 2.07. The van der Waals surface area contributed by atoms with Gasteiger partial charge in [0.25, 0.3) is 10.0 Å². The molecule has 3 nitrogen and oxygen atoms in total. The van der Waals surface area contributed by atoms with E-state index in [1.807, 2.05) is 0 Å². The van der Waals surface area contributed by atoms with Crippen molar-refractivity contribution >= 4 is 21.4 Å². The minimum Gasteiger partial charge on any atom is -0.207 e. The van der Waals surface area contributed by atoms with Crippen LogP contribution in [0.2, 0.25) is 0 Å². The molecule has 0 N–H and O–H groups in total. The van der Waals surface area contributed by atoms with Crippen LogP contribution >= 0.6 is 11.3 Å². The van der Waals surface area contributed by atoms with E-state index >= 15 is 0 Å². The Morgan fingerprint density at radius 2 is 1.90 bits per heavy atom. The van der Waals surface area contributed by atoms with E-state index in [2.05, 4.69) is 0 Å². The van der Waals surface area contributed by atoms with Gasteiger partial charge in [-0.15, -0.1) is 11.3 Å². The molecule has 1 heterocycles. The zero-order valence-electron chi connectivity index (χ0n) is 10.7. The predicted molar refractivity (Wildman–Crippen MR) is 76.5 cm³/mol. The Bertz CT molecular complexity index is 676. The lowest BCUT2D eigenvalue weighted by Gasteiger charge is -2.21. The summed E-state index contributed by atoms with van der Waals surface area (Å²) < 4.78 is 40.0. The van der Waals surface area contributed by atoms with Crippen LogP contribution in [0.15, 0.2) is 46.0 Å². The van der Waals surface area contributed by atoms with Crippen LogP contribution in [0.5, 0.6) is 0 Å². The van der Waals surface area contributed by atoms with E-state index < -0.39 is 10.0 Å². The third kappa shape index (κ3) is 2.77. The quantitative estimate of drug-likeness (QED) is 0.850. The molecule has 1 fully saturated rings. The van der Waals surface area contributed by atoms with E-state index in [1.165, 1.54) is 27.8 Å². The first-order valence-electron chi connectivity index (χ1n) is 6.37. The molecule has 0 unspecified atom stereocenters. The van der Waals surface area contributed by atoms with E-state index in [9.17, 15) is 12.8 Å². The van der Waals surface area contributed by atoms with E-state index in [-0.39, 0.29) is 11.9 Å². The van der Waals surface area contributed by atoms with Crippen molar-refractivity contribution in [1.29, 1.82) is 0 Å². The SMILES string of the molecule is O=S(=O)(c1cccs1)N(Cc1ccc(F)cc1)C1CC1. The summed E-state index contributed by atoms with van der Waals surface area (Å²) in [6, 6.07) is 9.42. The van der Waals surface area contributed by atoms with Crippen LogP contribution in [0, 0.1) is 5.82 Å². The average Bonchev–Trinajstić information content (AvgIpc) is 3.09. The van der Waals surface area contributed by atoms with Gasteiger partial charge in [-0.2, -0.15) is 4.31 Å². The first-order valence-corrected chi connectivity index (χ1v) is 8.69. The number of sulfonamides is 1. The standard InChI is InChI=1S/C14H14FNO2S2/c15-12-5-3-11(4-6-12)10-16(13-7-8-13)20(17,18)14-2-1-9-19-14/h1-6,9,13H,7-8,10H2. The maximum atomic E-state index is 12.9. The fourth-order valence-corrected chi connectivity index (χ4v) is 4.86. The van der Waals surface area contributed by atoms with Crippen LogP contribution in [0.3, 0.4) is 0 Å². The summed E-state index contributed by atoms with van der Waals surface area (Å²) in [6.45, 7) is 0.297. The van der Waals surface area contributed by atoms with Crippen molar-refractivity contribution in [3.63, 3.8) is 0 Å². The predicted octanol–water partition coefficient (Wildman–Crippen LogP) is 3.24. The van der Waals surface area contributed by atoms with Gasteiger partial charge in [-0.25, -0.2) is 12.8 Å². The molecule has 0 spiro atoms. The lowest BCUT2D eigenvalue weighted by molar-refractivity contribution is 0.399. The molecule has 1 saturated carbocycles. The molecule has 106 valence electrons. The molecule has 0 saturated heterocycles. The largest absolute Gasteiger partial charge is 0.253 e. The van der Waals surface area contributed by atoms with E-state index in [4.69, 9.17) is 0 Å². The lowest BCUT2D eigenvalue weighted by atomic mass is 10.2. The molecule has 6 heteroatoms. The van der Waals surface area contributed by atoms with Crippen molar-refractivity contribution in [3.05, 3.63) is 53.2 Å². The normalized spacial score (nSPS) is 15.7. The number of hydrogen-bond acceptors (Lipinski definition) is 3. The molecular formula is C14H14FNO2S2. The molecule has 1 aromatic carbocycles. The van der Waals surface area contributed by atoms with E-state index in [0.717, 1.165) is 18.4 Å². The molecule has 1 aliphatic carbocycles. The second-order valence-corrected chi connectivity index (χ2v) is 7.91. The zero-order valence-corrected chi connectivity index (χ0v) is 12.3. The van der Waals surface area contributed by atoms with Gasteiger partial charge in [0.1, 0.15) is 10.0 Å². The maximum Gasteiger partial charge on any atom is 0.253 e. The summed E-state index contributed by atoms with van der Waals surface area (Å²) in [7, 11) is -3.44. The average molecular weight is 311 g/mol. The Balaban J connectivity index is 1.88. The van der Waals surface area contributed by atoms with Gasteiger partial charge >= 0.3 is 0 Å². The lowest BCUT2D eigenvalue weighted by Crippen LogP contribution is -2.32. The van der Waals surface area contributed by atoms with Gasteiger partial charge in [-0.1, -0.05) is 18.2 Å². The van der Waals surface area contributed by atoms with Gasteiger partial charge in [0.2, 0.25) is 0 Å². The molecule has 2 aromatic rings. The van der Waals surface area contributed by atoms with Gasteiger partial charge in [0, 0.05) is 12.6 Å². The summed E-state index contributed by atoms with van der Waals surface area (Å²) in [5, 5.41) is 1.76. The summed E-state index contributed by atoms with van der Waals surface area (Å²) in [5.74, 6) is -0.312. The molecule has 20 heavy (non-hydrogen) atoms. The third-order valence-corrected chi connectivity index (χ3v) is 6.54. The molecule has 3 rings (SSSR count). The first kappa shape index (κ1) is 13.7. The van der Waals surface area contributed by atoms with Crippen molar-refractivity contribution in [2.75, 3.05) is 0 Å². The number of hydrogen-bond donors (Lipinski definition) is 0. The Kier molecular flexibility index (Phi) is 3.62. The maximum absolute atomic E-state index is 12.9. The molecule has 0 bridgehead atoms. The van der Waals surface area contributed by atoms with Gasteiger partial charge in [-0.05, 0) is 42.0 Å². The molecule has 0 radical (unpaired) electrons. The zero-order chi connectivity index (χ0) is 14.2. The molecule has 0 amide bonds. The Hall–Kier alpha value is -1.24. The van der Waals surface area contributed by atoms with E-state index in [0.29, 0.717) is 10.8 Å². The summed E-state index contributed by atoms with van der Waals surface area (Å²) in [5.41, 5.74) is 0.804. The molecular weight excluding hydrogens is 297 g/mol. The Morgan fingerprint density at radius 1 is 1.20 bits per heavy atom. The van der Waals surface area contributed by atoms with Crippen LogP contribution < -0.4 is 0 Å². The van der Waals surface area contributed by atoms with E-state index in [1.54, 1.807) is 29.6 Å². The Labute approximate surface area is 121 Å². The first-order chi connectivity index (χ1) is 9.57. The number of benzene rings is 1. The molecule has 1 aliphatic rings. The van der Waals surface area contributed by atoms with Gasteiger partial charge in [0.05, 0.1) is 0 Å². The third-order valence-electron chi connectivity index (χ3n) is 3.26. The minimum atomic E-state index is -3.44. The Morgan fingerprint density at radius 3 is 2.45 bits per heavy atom. The van der Waals surface area contributed by atoms with Crippen molar-refractivity contribution in [1.82, 2.24) is 4.31 Å². The number of thiophene rings is 1. The van der Waals surface area contributed by atoms with Gasteiger partial charge < -0.3 is 0 Å². The summed E-state index contributed by atoms with van der Waals surface area (Å²) in [6.07, 6.45) is 1.79. The monoisotopic (exact) mass is 311 g/mol. The highest BCUT2D eigenvalue weighted by molar-refractivity contribution is 7.91.